The van der Waals surface area contributed by atoms with Gasteiger partial charge in [-0.15, -0.1) is 0 Å². The van der Waals surface area contributed by atoms with E-state index < -0.39 is 0 Å². The molecule has 3 N–H and O–H groups in total. The lowest BCUT2D eigenvalue weighted by atomic mass is 10.2. The van der Waals surface area contributed by atoms with Crippen LogP contribution in [0.15, 0.2) is 18.2 Å². The van der Waals surface area contributed by atoms with E-state index in [1.807, 2.05) is 6.92 Å². The van der Waals surface area contributed by atoms with Crippen LogP contribution in [0.3, 0.4) is 0 Å². The number of nitrogen functional groups attached to an aromatic ring is 1. The Labute approximate surface area is 111 Å². The number of amides is 2. The van der Waals surface area contributed by atoms with Gasteiger partial charge in [-0.05, 0) is 25.1 Å². The van der Waals surface area contributed by atoms with Crippen LogP contribution in [-0.4, -0.2) is 36.9 Å². The molecule has 0 fully saturated rings. The molecule has 0 saturated carbocycles. The van der Waals surface area contributed by atoms with Crippen molar-refractivity contribution in [2.75, 3.05) is 25.9 Å². The summed E-state index contributed by atoms with van der Waals surface area (Å²) in [6, 6.07) is 4.64. The lowest BCUT2D eigenvalue weighted by Gasteiger charge is -2.16. The molecule has 1 aromatic rings. The number of nitrogens with one attached hydrogen (secondary N) is 1. The number of anilines is 1. The van der Waals surface area contributed by atoms with Crippen LogP contribution in [0, 0.1) is 0 Å². The van der Waals surface area contributed by atoms with Gasteiger partial charge in [0.05, 0.1) is 17.3 Å². The lowest BCUT2D eigenvalue weighted by Crippen LogP contribution is -2.38. The molecule has 1 aromatic carbocycles. The summed E-state index contributed by atoms with van der Waals surface area (Å²) < 4.78 is 0. The Morgan fingerprint density at radius 1 is 1.44 bits per heavy atom. The molecule has 0 aromatic heterocycles. The molecule has 2 amide bonds. The third-order valence-electron chi connectivity index (χ3n) is 2.34. The van der Waals surface area contributed by atoms with Crippen molar-refractivity contribution in [1.29, 1.82) is 0 Å². The fourth-order valence-corrected chi connectivity index (χ4v) is 1.55. The number of carbonyl (C=O) groups excluding carboxylic acids is 2. The topological polar surface area (TPSA) is 75.4 Å². The van der Waals surface area contributed by atoms with E-state index in [4.69, 9.17) is 17.3 Å². The van der Waals surface area contributed by atoms with Crippen LogP contribution in [0.1, 0.15) is 17.3 Å². The number of benzene rings is 1. The van der Waals surface area contributed by atoms with Crippen LogP contribution in [0.2, 0.25) is 5.02 Å². The highest BCUT2D eigenvalue weighted by atomic mass is 35.5. The molecule has 0 aliphatic rings. The van der Waals surface area contributed by atoms with E-state index in [1.54, 1.807) is 19.2 Å². The predicted octanol–water partition coefficient (Wildman–Crippen LogP) is 1.13. The van der Waals surface area contributed by atoms with Crippen LogP contribution < -0.4 is 11.1 Å². The minimum absolute atomic E-state index is 0.00913. The summed E-state index contributed by atoms with van der Waals surface area (Å²) in [5.41, 5.74) is 6.37. The van der Waals surface area contributed by atoms with Gasteiger partial charge in [0.1, 0.15) is 0 Å². The first-order valence-corrected chi connectivity index (χ1v) is 5.90. The van der Waals surface area contributed by atoms with Gasteiger partial charge in [0.2, 0.25) is 5.91 Å². The third-order valence-corrected chi connectivity index (χ3v) is 2.69. The Morgan fingerprint density at radius 3 is 2.67 bits per heavy atom. The van der Waals surface area contributed by atoms with Crippen LogP contribution in [-0.2, 0) is 4.79 Å². The minimum Gasteiger partial charge on any atom is -0.398 e. The Morgan fingerprint density at radius 2 is 2.11 bits per heavy atom. The van der Waals surface area contributed by atoms with Crippen molar-refractivity contribution in [3.8, 4) is 0 Å². The molecule has 98 valence electrons. The molecule has 0 atom stereocenters. The van der Waals surface area contributed by atoms with Crippen molar-refractivity contribution in [3.05, 3.63) is 28.8 Å². The van der Waals surface area contributed by atoms with Crippen molar-refractivity contribution in [2.24, 2.45) is 0 Å². The zero-order valence-electron chi connectivity index (χ0n) is 10.4. The molecule has 0 heterocycles. The molecule has 0 aliphatic carbocycles. The zero-order chi connectivity index (χ0) is 13.7. The number of nitrogens with zero attached hydrogens (tertiary/aromatic N) is 1. The summed E-state index contributed by atoms with van der Waals surface area (Å²) in [6.07, 6.45) is 0. The maximum absolute atomic E-state index is 12.0. The maximum Gasteiger partial charge on any atom is 0.254 e. The number of likely N-dealkylation sites (N-methyl/N-ethyl adjacent to an activating group) is 2. The van der Waals surface area contributed by atoms with Crippen molar-refractivity contribution in [1.82, 2.24) is 10.2 Å². The van der Waals surface area contributed by atoms with Crippen molar-refractivity contribution in [2.45, 2.75) is 6.92 Å². The fraction of sp³-hybridized carbons (Fsp3) is 0.333. The van der Waals surface area contributed by atoms with Gasteiger partial charge in [0.15, 0.2) is 0 Å². The average Bonchev–Trinajstić information content (AvgIpc) is 2.32. The lowest BCUT2D eigenvalue weighted by molar-refractivity contribution is -0.121. The molecule has 0 spiro atoms. The van der Waals surface area contributed by atoms with E-state index in [0.29, 0.717) is 22.8 Å². The molecular weight excluding hydrogens is 254 g/mol. The van der Waals surface area contributed by atoms with Gasteiger partial charge < -0.3 is 16.0 Å². The van der Waals surface area contributed by atoms with Crippen LogP contribution in [0.25, 0.3) is 0 Å². The van der Waals surface area contributed by atoms with E-state index in [-0.39, 0.29) is 18.4 Å². The van der Waals surface area contributed by atoms with Gasteiger partial charge in [-0.3, -0.25) is 9.59 Å². The highest BCUT2D eigenvalue weighted by Crippen LogP contribution is 2.20. The summed E-state index contributed by atoms with van der Waals surface area (Å²) in [6.45, 7) is 2.36. The Kier molecular flexibility index (Phi) is 4.97. The molecule has 6 heteroatoms. The van der Waals surface area contributed by atoms with E-state index in [0.717, 1.165) is 0 Å². The predicted molar refractivity (Wildman–Crippen MR) is 71.5 cm³/mol. The van der Waals surface area contributed by atoms with Crippen LogP contribution >= 0.6 is 11.6 Å². The summed E-state index contributed by atoms with van der Waals surface area (Å²) in [5.74, 6) is -0.472. The van der Waals surface area contributed by atoms with Crippen molar-refractivity contribution >= 4 is 29.1 Å². The van der Waals surface area contributed by atoms with Gasteiger partial charge in [-0.1, -0.05) is 11.6 Å². The summed E-state index contributed by atoms with van der Waals surface area (Å²) in [5, 5.41) is 3.03. The highest BCUT2D eigenvalue weighted by Gasteiger charge is 2.15. The Bertz CT molecular complexity index is 463. The molecular formula is C12H16ClN3O2. The molecule has 5 nitrogen and oxygen atoms in total. The van der Waals surface area contributed by atoms with Crippen molar-refractivity contribution in [3.63, 3.8) is 0 Å². The molecule has 0 bridgehead atoms. The minimum atomic E-state index is -0.274. The Balaban J connectivity index is 2.74. The number of halogens is 1. The van der Waals surface area contributed by atoms with E-state index >= 15 is 0 Å². The quantitative estimate of drug-likeness (QED) is 0.805. The van der Waals surface area contributed by atoms with E-state index in [9.17, 15) is 9.59 Å². The Hall–Kier alpha value is -1.75. The second-order valence-electron chi connectivity index (χ2n) is 3.85. The number of hydrogen-bond donors (Lipinski definition) is 2. The molecule has 0 radical (unpaired) electrons. The normalized spacial score (nSPS) is 9.94. The number of hydrogen-bond acceptors (Lipinski definition) is 3. The SMILES string of the molecule is CCNC(=O)CN(C)C(=O)c1ccc(Cl)c(N)c1. The van der Waals surface area contributed by atoms with Gasteiger partial charge in [0.25, 0.3) is 5.91 Å². The first kappa shape index (κ1) is 14.3. The molecule has 0 unspecified atom stereocenters. The molecule has 0 aliphatic heterocycles. The van der Waals surface area contributed by atoms with E-state index in [1.165, 1.54) is 11.0 Å². The average molecular weight is 270 g/mol. The molecule has 18 heavy (non-hydrogen) atoms. The number of rotatable bonds is 4. The summed E-state index contributed by atoms with van der Waals surface area (Å²) in [7, 11) is 1.56. The monoisotopic (exact) mass is 269 g/mol. The number of carbonyl (C=O) groups is 2. The van der Waals surface area contributed by atoms with Gasteiger partial charge >= 0.3 is 0 Å². The standard InChI is InChI=1S/C12H16ClN3O2/c1-3-15-11(17)7-16(2)12(18)8-4-5-9(13)10(14)6-8/h4-6H,3,7,14H2,1-2H3,(H,15,17). The van der Waals surface area contributed by atoms with Crippen molar-refractivity contribution < 1.29 is 9.59 Å². The molecule has 0 saturated heterocycles. The van der Waals surface area contributed by atoms with Gasteiger partial charge in [-0.2, -0.15) is 0 Å². The zero-order valence-corrected chi connectivity index (χ0v) is 11.1. The second-order valence-corrected chi connectivity index (χ2v) is 4.26. The smallest absolute Gasteiger partial charge is 0.254 e. The second kappa shape index (κ2) is 6.26. The fourth-order valence-electron chi connectivity index (χ4n) is 1.44. The van der Waals surface area contributed by atoms with Gasteiger partial charge in [-0.25, -0.2) is 0 Å². The highest BCUT2D eigenvalue weighted by molar-refractivity contribution is 6.33. The first-order chi connectivity index (χ1) is 8.45. The summed E-state index contributed by atoms with van der Waals surface area (Å²) in [4.78, 5) is 24.7. The summed E-state index contributed by atoms with van der Waals surface area (Å²) >= 11 is 5.78. The largest absolute Gasteiger partial charge is 0.398 e. The number of nitrogens with two attached hydrogens (primary N) is 1. The van der Waals surface area contributed by atoms with E-state index in [2.05, 4.69) is 5.32 Å². The first-order valence-electron chi connectivity index (χ1n) is 5.53. The maximum atomic E-state index is 12.0. The van der Waals surface area contributed by atoms with Gasteiger partial charge in [0, 0.05) is 19.2 Å². The van der Waals surface area contributed by atoms with Crippen LogP contribution in [0.5, 0.6) is 0 Å². The third kappa shape index (κ3) is 3.63. The molecule has 1 rings (SSSR count). The van der Waals surface area contributed by atoms with Crippen LogP contribution in [0.4, 0.5) is 5.69 Å².